The minimum absolute atomic E-state index is 0.225. The fourth-order valence-electron chi connectivity index (χ4n) is 2.97. The molecule has 3 amide bonds. The van der Waals surface area contributed by atoms with Gasteiger partial charge in [-0.05, 0) is 88.6 Å². The van der Waals surface area contributed by atoms with Gasteiger partial charge in [0.25, 0.3) is 11.1 Å². The smallest absolute Gasteiger partial charge is 0.294 e. The van der Waals surface area contributed by atoms with Gasteiger partial charge in [-0.2, -0.15) is 0 Å². The number of ether oxygens (including phenoxy) is 2. The van der Waals surface area contributed by atoms with Crippen molar-refractivity contribution in [2.75, 3.05) is 26.1 Å². The lowest BCUT2D eigenvalue weighted by atomic mass is 10.1. The van der Waals surface area contributed by atoms with E-state index in [9.17, 15) is 14.4 Å². The summed E-state index contributed by atoms with van der Waals surface area (Å²) >= 11 is 4.19. The summed E-state index contributed by atoms with van der Waals surface area (Å²) in [4.78, 5) is 38.6. The van der Waals surface area contributed by atoms with E-state index in [1.165, 1.54) is 14.2 Å². The van der Waals surface area contributed by atoms with Crippen LogP contribution in [0, 0.1) is 13.8 Å². The summed E-state index contributed by atoms with van der Waals surface area (Å²) in [7, 11) is 3.03. The first-order valence-electron chi connectivity index (χ1n) is 9.27. The molecule has 0 aromatic heterocycles. The van der Waals surface area contributed by atoms with E-state index in [0.29, 0.717) is 27.2 Å². The van der Waals surface area contributed by atoms with Gasteiger partial charge in [0.15, 0.2) is 11.5 Å². The second kappa shape index (κ2) is 9.57. The van der Waals surface area contributed by atoms with Gasteiger partial charge in [-0.15, -0.1) is 0 Å². The molecule has 1 fully saturated rings. The zero-order chi connectivity index (χ0) is 22.7. The highest BCUT2D eigenvalue weighted by Gasteiger charge is 2.36. The average molecular weight is 505 g/mol. The molecular formula is C22H21BrN2O5S. The number of nitrogens with one attached hydrogen (secondary N) is 1. The molecule has 1 saturated heterocycles. The van der Waals surface area contributed by atoms with Crippen LogP contribution in [-0.4, -0.2) is 42.7 Å². The van der Waals surface area contributed by atoms with Gasteiger partial charge in [-0.1, -0.05) is 6.07 Å². The minimum atomic E-state index is -0.517. The van der Waals surface area contributed by atoms with Gasteiger partial charge in [0, 0.05) is 5.69 Å². The molecule has 9 heteroatoms. The third-order valence-corrected chi connectivity index (χ3v) is 6.22. The molecule has 1 aliphatic rings. The molecule has 0 radical (unpaired) electrons. The standard InChI is InChI=1S/C22H21BrN2O5S/c1-12-5-6-15(7-13(12)2)24-19(26)11-25-21(27)18(31-22(25)28)10-14-8-16(23)20(30-4)17(9-14)29-3/h5-10H,11H2,1-4H3,(H,24,26)/b18-10+. The predicted molar refractivity (Wildman–Crippen MR) is 124 cm³/mol. The lowest BCUT2D eigenvalue weighted by Gasteiger charge is -2.13. The number of benzene rings is 2. The Bertz CT molecular complexity index is 1100. The van der Waals surface area contributed by atoms with Crippen molar-refractivity contribution in [1.82, 2.24) is 4.90 Å². The van der Waals surface area contributed by atoms with Crippen LogP contribution in [0.1, 0.15) is 16.7 Å². The number of carbonyl (C=O) groups is 3. The first-order chi connectivity index (χ1) is 14.7. The van der Waals surface area contributed by atoms with Crippen LogP contribution in [0.5, 0.6) is 11.5 Å². The second-order valence-electron chi connectivity index (χ2n) is 6.85. The highest BCUT2D eigenvalue weighted by atomic mass is 79.9. The highest BCUT2D eigenvalue weighted by Crippen LogP contribution is 2.38. The van der Waals surface area contributed by atoms with Gasteiger partial charge < -0.3 is 14.8 Å². The minimum Gasteiger partial charge on any atom is -0.493 e. The molecule has 0 saturated carbocycles. The SMILES string of the molecule is COc1cc(/C=C2/SC(=O)N(CC(=O)Nc3ccc(C)c(C)c3)C2=O)cc(Br)c1OC. The summed E-state index contributed by atoms with van der Waals surface area (Å²) in [5, 5.41) is 2.23. The normalized spacial score (nSPS) is 14.9. The lowest BCUT2D eigenvalue weighted by Crippen LogP contribution is -2.36. The second-order valence-corrected chi connectivity index (χ2v) is 8.70. The van der Waals surface area contributed by atoms with E-state index >= 15 is 0 Å². The zero-order valence-electron chi connectivity index (χ0n) is 17.4. The molecule has 0 bridgehead atoms. The maximum Gasteiger partial charge on any atom is 0.294 e. The number of halogens is 1. The molecule has 0 aliphatic carbocycles. The summed E-state index contributed by atoms with van der Waals surface area (Å²) < 4.78 is 11.2. The van der Waals surface area contributed by atoms with Crippen LogP contribution in [0.2, 0.25) is 0 Å². The molecule has 0 spiro atoms. The molecule has 1 N–H and O–H groups in total. The predicted octanol–water partition coefficient (Wildman–Crippen LogP) is 4.76. The number of nitrogens with zero attached hydrogens (tertiary/aromatic N) is 1. The van der Waals surface area contributed by atoms with Crippen molar-refractivity contribution < 1.29 is 23.9 Å². The lowest BCUT2D eigenvalue weighted by molar-refractivity contribution is -0.127. The molecule has 2 aromatic rings. The summed E-state index contributed by atoms with van der Waals surface area (Å²) in [6.07, 6.45) is 1.58. The molecule has 0 atom stereocenters. The van der Waals surface area contributed by atoms with Gasteiger partial charge in [0.1, 0.15) is 6.54 Å². The Balaban J connectivity index is 1.75. The van der Waals surface area contributed by atoms with Crippen molar-refractivity contribution in [3.63, 3.8) is 0 Å². The van der Waals surface area contributed by atoms with Crippen LogP contribution in [0.4, 0.5) is 10.5 Å². The number of carbonyl (C=O) groups excluding carboxylic acids is 3. The molecule has 2 aromatic carbocycles. The molecular weight excluding hydrogens is 484 g/mol. The van der Waals surface area contributed by atoms with Crippen molar-refractivity contribution in [3.8, 4) is 11.5 Å². The topological polar surface area (TPSA) is 84.9 Å². The van der Waals surface area contributed by atoms with Crippen LogP contribution in [0.15, 0.2) is 39.7 Å². The first-order valence-corrected chi connectivity index (χ1v) is 10.9. The fourth-order valence-corrected chi connectivity index (χ4v) is 4.43. The molecule has 7 nitrogen and oxygen atoms in total. The van der Waals surface area contributed by atoms with E-state index in [0.717, 1.165) is 27.8 Å². The van der Waals surface area contributed by atoms with Crippen molar-refractivity contribution in [1.29, 1.82) is 0 Å². The van der Waals surface area contributed by atoms with Crippen LogP contribution >= 0.6 is 27.7 Å². The number of methoxy groups -OCH3 is 2. The molecule has 1 heterocycles. The van der Waals surface area contributed by atoms with E-state index in [1.54, 1.807) is 24.3 Å². The summed E-state index contributed by atoms with van der Waals surface area (Å²) in [6.45, 7) is 3.56. The van der Waals surface area contributed by atoms with Crippen molar-refractivity contribution in [2.45, 2.75) is 13.8 Å². The van der Waals surface area contributed by atoms with E-state index in [4.69, 9.17) is 9.47 Å². The molecule has 31 heavy (non-hydrogen) atoms. The Kier molecular flexibility index (Phi) is 7.07. The fraction of sp³-hybridized carbons (Fsp3) is 0.227. The third-order valence-electron chi connectivity index (χ3n) is 4.72. The van der Waals surface area contributed by atoms with Crippen molar-refractivity contribution >= 4 is 56.5 Å². The van der Waals surface area contributed by atoms with Gasteiger partial charge >= 0.3 is 0 Å². The summed E-state index contributed by atoms with van der Waals surface area (Å²) in [5.74, 6) is 0.0442. The maximum atomic E-state index is 12.7. The van der Waals surface area contributed by atoms with Crippen LogP contribution in [-0.2, 0) is 9.59 Å². The molecule has 1 aliphatic heterocycles. The number of hydrogen-bond donors (Lipinski definition) is 1. The Hall–Kier alpha value is -2.78. The third kappa shape index (κ3) is 5.11. The summed E-state index contributed by atoms with van der Waals surface area (Å²) in [6, 6.07) is 8.97. The zero-order valence-corrected chi connectivity index (χ0v) is 19.8. The van der Waals surface area contributed by atoms with E-state index < -0.39 is 17.1 Å². The van der Waals surface area contributed by atoms with Crippen molar-refractivity contribution in [3.05, 3.63) is 56.4 Å². The number of anilines is 1. The Labute approximate surface area is 192 Å². The maximum absolute atomic E-state index is 12.7. The number of aryl methyl sites for hydroxylation is 2. The number of amides is 3. The van der Waals surface area contributed by atoms with E-state index in [-0.39, 0.29) is 11.4 Å². The van der Waals surface area contributed by atoms with Crippen LogP contribution in [0.3, 0.4) is 0 Å². The van der Waals surface area contributed by atoms with Gasteiger partial charge in [0.2, 0.25) is 5.91 Å². The summed E-state index contributed by atoms with van der Waals surface area (Å²) in [5.41, 5.74) is 3.41. The average Bonchev–Trinajstić information content (AvgIpc) is 2.97. The number of imide groups is 1. The molecule has 0 unspecified atom stereocenters. The van der Waals surface area contributed by atoms with Gasteiger partial charge in [-0.25, -0.2) is 0 Å². The largest absolute Gasteiger partial charge is 0.493 e. The Morgan fingerprint density at radius 3 is 2.52 bits per heavy atom. The van der Waals surface area contributed by atoms with E-state index in [1.807, 2.05) is 26.0 Å². The van der Waals surface area contributed by atoms with Gasteiger partial charge in [-0.3, -0.25) is 19.3 Å². The number of thioether (sulfide) groups is 1. The van der Waals surface area contributed by atoms with Crippen LogP contribution in [0.25, 0.3) is 6.08 Å². The highest BCUT2D eigenvalue weighted by molar-refractivity contribution is 9.10. The van der Waals surface area contributed by atoms with Crippen molar-refractivity contribution in [2.24, 2.45) is 0 Å². The molecule has 3 rings (SSSR count). The Morgan fingerprint density at radius 1 is 1.13 bits per heavy atom. The number of rotatable bonds is 6. The Morgan fingerprint density at radius 2 is 1.87 bits per heavy atom. The van der Waals surface area contributed by atoms with Crippen LogP contribution < -0.4 is 14.8 Å². The van der Waals surface area contributed by atoms with E-state index in [2.05, 4.69) is 21.2 Å². The van der Waals surface area contributed by atoms with Gasteiger partial charge in [0.05, 0.1) is 23.6 Å². The number of hydrogen-bond acceptors (Lipinski definition) is 6. The molecule has 162 valence electrons. The monoisotopic (exact) mass is 504 g/mol. The first kappa shape index (κ1) is 22.9. The quantitative estimate of drug-likeness (QED) is 0.570.